The van der Waals surface area contributed by atoms with Crippen LogP contribution in [0.3, 0.4) is 0 Å². The van der Waals surface area contributed by atoms with E-state index in [-0.39, 0.29) is 12.5 Å². The van der Waals surface area contributed by atoms with Crippen molar-refractivity contribution in [3.8, 4) is 11.5 Å². The Labute approximate surface area is 138 Å². The summed E-state index contributed by atoms with van der Waals surface area (Å²) in [5.41, 5.74) is 6.93. The highest BCUT2D eigenvalue weighted by atomic mass is 79.9. The number of rotatable bonds is 7. The average molecular weight is 373 g/mol. The minimum Gasteiger partial charge on any atom is -0.493 e. The molecule has 0 bridgehead atoms. The van der Waals surface area contributed by atoms with Crippen LogP contribution >= 0.6 is 15.9 Å². The summed E-state index contributed by atoms with van der Waals surface area (Å²) in [5, 5.41) is 8.83. The Morgan fingerprint density at radius 1 is 1.55 bits per heavy atom. The number of benzene rings is 1. The third-order valence-electron chi connectivity index (χ3n) is 3.65. The average Bonchev–Trinajstić information content (AvgIpc) is 2.43. The molecule has 1 aliphatic heterocycles. The summed E-state index contributed by atoms with van der Waals surface area (Å²) in [5.74, 6) is 0.354. The first-order valence-electron chi connectivity index (χ1n) is 7.10. The van der Waals surface area contributed by atoms with Gasteiger partial charge in [0.25, 0.3) is 0 Å². The van der Waals surface area contributed by atoms with Crippen molar-refractivity contribution in [1.29, 1.82) is 0 Å². The Morgan fingerprint density at radius 2 is 2.23 bits per heavy atom. The molecule has 7 heteroatoms. The number of carboxylic acids is 1. The van der Waals surface area contributed by atoms with E-state index in [1.54, 1.807) is 7.11 Å². The SMILES string of the molecule is COc1cc(Br)cc(C(N)CCC(=O)O)c1OC1CN(C)C1. The van der Waals surface area contributed by atoms with Crippen LogP contribution in [-0.2, 0) is 4.79 Å². The molecule has 0 saturated carbocycles. The first-order valence-corrected chi connectivity index (χ1v) is 7.90. The molecule has 1 fully saturated rings. The molecular formula is C15H21BrN2O4. The molecule has 1 saturated heterocycles. The summed E-state index contributed by atoms with van der Waals surface area (Å²) in [4.78, 5) is 12.9. The minimum absolute atomic E-state index is 0.0155. The largest absolute Gasteiger partial charge is 0.493 e. The molecule has 0 amide bonds. The van der Waals surface area contributed by atoms with Crippen molar-refractivity contribution in [2.24, 2.45) is 5.73 Å². The Morgan fingerprint density at radius 3 is 2.77 bits per heavy atom. The number of nitrogens with two attached hydrogens (primary N) is 1. The number of hydrogen-bond donors (Lipinski definition) is 2. The number of methoxy groups -OCH3 is 1. The van der Waals surface area contributed by atoms with E-state index in [0.29, 0.717) is 17.9 Å². The van der Waals surface area contributed by atoms with Crippen LogP contribution < -0.4 is 15.2 Å². The van der Waals surface area contributed by atoms with Crippen LogP contribution in [0.5, 0.6) is 11.5 Å². The van der Waals surface area contributed by atoms with Crippen LogP contribution in [0.4, 0.5) is 0 Å². The zero-order valence-electron chi connectivity index (χ0n) is 12.7. The lowest BCUT2D eigenvalue weighted by atomic mass is 10.0. The van der Waals surface area contributed by atoms with Gasteiger partial charge in [-0.05, 0) is 25.6 Å². The standard InChI is InChI=1S/C15H21BrN2O4/c1-18-7-10(8-18)22-15-11(12(17)3-4-14(19)20)5-9(16)6-13(15)21-2/h5-6,10,12H,3-4,7-8,17H2,1-2H3,(H,19,20). The maximum Gasteiger partial charge on any atom is 0.303 e. The molecule has 0 aromatic heterocycles. The van der Waals surface area contributed by atoms with E-state index in [2.05, 4.69) is 20.8 Å². The van der Waals surface area contributed by atoms with Gasteiger partial charge >= 0.3 is 5.97 Å². The van der Waals surface area contributed by atoms with E-state index in [0.717, 1.165) is 23.1 Å². The first-order chi connectivity index (χ1) is 10.4. The van der Waals surface area contributed by atoms with Gasteiger partial charge < -0.3 is 20.3 Å². The molecule has 0 spiro atoms. The predicted octanol–water partition coefficient (Wildman–Crippen LogP) is 2.02. The highest BCUT2D eigenvalue weighted by Gasteiger charge is 2.28. The third-order valence-corrected chi connectivity index (χ3v) is 4.11. The Bertz CT molecular complexity index is 547. The van der Waals surface area contributed by atoms with Crippen LogP contribution in [0.2, 0.25) is 0 Å². The molecule has 0 radical (unpaired) electrons. The predicted molar refractivity (Wildman–Crippen MR) is 86.4 cm³/mol. The molecular weight excluding hydrogens is 352 g/mol. The van der Waals surface area contributed by atoms with Gasteiger partial charge in [-0.1, -0.05) is 15.9 Å². The Balaban J connectivity index is 2.24. The highest BCUT2D eigenvalue weighted by Crippen LogP contribution is 2.39. The van der Waals surface area contributed by atoms with Gasteiger partial charge in [0.05, 0.1) is 7.11 Å². The summed E-state index contributed by atoms with van der Waals surface area (Å²) < 4.78 is 12.3. The third kappa shape index (κ3) is 4.12. The molecule has 1 unspecified atom stereocenters. The van der Waals surface area contributed by atoms with Crippen molar-refractivity contribution in [3.05, 3.63) is 22.2 Å². The van der Waals surface area contributed by atoms with Crippen LogP contribution in [0, 0.1) is 0 Å². The molecule has 1 aliphatic rings. The molecule has 22 heavy (non-hydrogen) atoms. The molecule has 1 aromatic carbocycles. The summed E-state index contributed by atoms with van der Waals surface area (Å²) in [6.07, 6.45) is 0.461. The Hall–Kier alpha value is -1.31. The van der Waals surface area contributed by atoms with Crippen LogP contribution in [-0.4, -0.2) is 49.3 Å². The fraction of sp³-hybridized carbons (Fsp3) is 0.533. The van der Waals surface area contributed by atoms with Crippen molar-refractivity contribution in [3.63, 3.8) is 0 Å². The number of halogens is 1. The van der Waals surface area contributed by atoms with Gasteiger partial charge in [-0.15, -0.1) is 0 Å². The number of carboxylic acid groups (broad SMARTS) is 1. The lowest BCUT2D eigenvalue weighted by Gasteiger charge is -2.37. The highest BCUT2D eigenvalue weighted by molar-refractivity contribution is 9.10. The van der Waals surface area contributed by atoms with Crippen LogP contribution in [0.1, 0.15) is 24.4 Å². The second-order valence-corrected chi connectivity index (χ2v) is 6.44. The maximum atomic E-state index is 10.8. The lowest BCUT2D eigenvalue weighted by molar-refractivity contribution is -0.137. The van der Waals surface area contributed by atoms with Crippen molar-refractivity contribution in [1.82, 2.24) is 4.90 Å². The second kappa shape index (κ2) is 7.30. The second-order valence-electron chi connectivity index (χ2n) is 5.53. The maximum absolute atomic E-state index is 10.8. The number of nitrogens with zero attached hydrogens (tertiary/aromatic N) is 1. The molecule has 0 aliphatic carbocycles. The van der Waals surface area contributed by atoms with E-state index >= 15 is 0 Å². The van der Waals surface area contributed by atoms with Crippen molar-refractivity contribution in [2.75, 3.05) is 27.2 Å². The van der Waals surface area contributed by atoms with Gasteiger partial charge in [0.15, 0.2) is 11.5 Å². The van der Waals surface area contributed by atoms with E-state index in [9.17, 15) is 4.79 Å². The summed E-state index contributed by atoms with van der Waals surface area (Å²) in [7, 11) is 3.60. The van der Waals surface area contributed by atoms with Crippen molar-refractivity contribution in [2.45, 2.75) is 25.0 Å². The molecule has 1 aromatic rings. The molecule has 6 nitrogen and oxygen atoms in total. The van der Waals surface area contributed by atoms with Crippen molar-refractivity contribution >= 4 is 21.9 Å². The summed E-state index contributed by atoms with van der Waals surface area (Å²) in [6.45, 7) is 1.70. The topological polar surface area (TPSA) is 85.0 Å². The number of ether oxygens (including phenoxy) is 2. The lowest BCUT2D eigenvalue weighted by Crippen LogP contribution is -2.51. The van der Waals surface area contributed by atoms with Crippen molar-refractivity contribution < 1.29 is 19.4 Å². The van der Waals surface area contributed by atoms with E-state index in [4.69, 9.17) is 20.3 Å². The van der Waals surface area contributed by atoms with Crippen LogP contribution in [0.25, 0.3) is 0 Å². The first kappa shape index (κ1) is 17.1. The molecule has 1 heterocycles. The van der Waals surface area contributed by atoms with Gasteiger partial charge in [0, 0.05) is 35.6 Å². The monoisotopic (exact) mass is 372 g/mol. The van der Waals surface area contributed by atoms with Gasteiger partial charge in [0.2, 0.25) is 0 Å². The van der Waals surface area contributed by atoms with E-state index in [1.165, 1.54) is 0 Å². The van der Waals surface area contributed by atoms with E-state index in [1.807, 2.05) is 19.2 Å². The smallest absolute Gasteiger partial charge is 0.303 e. The quantitative estimate of drug-likeness (QED) is 0.761. The number of likely N-dealkylation sites (N-methyl/N-ethyl adjacent to an activating group) is 1. The van der Waals surface area contributed by atoms with Gasteiger partial charge in [-0.25, -0.2) is 0 Å². The number of aliphatic carboxylic acids is 1. The fourth-order valence-electron chi connectivity index (χ4n) is 2.46. The number of hydrogen-bond acceptors (Lipinski definition) is 5. The molecule has 122 valence electrons. The number of likely N-dealkylation sites (tertiary alicyclic amines) is 1. The van der Waals surface area contributed by atoms with Gasteiger partial charge in [-0.3, -0.25) is 9.69 Å². The van der Waals surface area contributed by atoms with Gasteiger partial charge in [0.1, 0.15) is 6.10 Å². The fourth-order valence-corrected chi connectivity index (χ4v) is 2.91. The zero-order valence-corrected chi connectivity index (χ0v) is 14.3. The van der Waals surface area contributed by atoms with Crippen LogP contribution in [0.15, 0.2) is 16.6 Å². The van der Waals surface area contributed by atoms with E-state index < -0.39 is 12.0 Å². The summed E-state index contributed by atoms with van der Waals surface area (Å²) in [6, 6.07) is 3.27. The molecule has 1 atom stereocenters. The zero-order chi connectivity index (χ0) is 16.3. The summed E-state index contributed by atoms with van der Waals surface area (Å²) >= 11 is 3.43. The number of carbonyl (C=O) groups is 1. The minimum atomic E-state index is -0.861. The molecule has 3 N–H and O–H groups in total. The normalized spacial score (nSPS) is 16.9. The van der Waals surface area contributed by atoms with Gasteiger partial charge in [-0.2, -0.15) is 0 Å². The molecule has 2 rings (SSSR count). The Kier molecular flexibility index (Phi) is 5.66.